The fraction of sp³-hybridized carbons (Fsp3) is 0.353. The van der Waals surface area contributed by atoms with Crippen molar-refractivity contribution in [1.82, 2.24) is 0 Å². The number of carbonyl (C=O) groups is 1. The summed E-state index contributed by atoms with van der Waals surface area (Å²) in [6.45, 7) is 6.09. The average Bonchev–Trinajstić information content (AvgIpc) is 3.16. The number of carbonyl (C=O) groups excluding carboxylic acids is 1. The van der Waals surface area contributed by atoms with Gasteiger partial charge < -0.3 is 13.5 Å². The second-order valence-electron chi connectivity index (χ2n) is 4.96. The molecule has 2 heterocycles. The lowest BCUT2D eigenvalue weighted by Crippen LogP contribution is -2.06. The zero-order valence-corrected chi connectivity index (χ0v) is 15.6. The number of hydrogen-bond donors (Lipinski definition) is 0. The summed E-state index contributed by atoms with van der Waals surface area (Å²) in [5, 5.41) is 0. The zero-order chi connectivity index (χ0) is 17.6. The molecule has 0 fully saturated rings. The number of hydrogen-bond acceptors (Lipinski definition) is 6. The van der Waals surface area contributed by atoms with E-state index in [0.29, 0.717) is 17.8 Å². The molecule has 2 rings (SSSR count). The first-order valence-corrected chi connectivity index (χ1v) is 10.1. The lowest BCUT2D eigenvalue weighted by atomic mass is 10.2. The van der Waals surface area contributed by atoms with E-state index in [-0.39, 0.29) is 13.2 Å². The van der Waals surface area contributed by atoms with Crippen molar-refractivity contribution < 1.29 is 22.8 Å². The molecule has 0 N–H and O–H groups in total. The third-order valence-electron chi connectivity index (χ3n) is 3.22. The van der Waals surface area contributed by atoms with Gasteiger partial charge in [0, 0.05) is 9.75 Å². The molecule has 0 aliphatic rings. The topological polar surface area (TPSA) is 65.7 Å². The minimum atomic E-state index is -3.45. The molecular weight excluding hydrogens is 347 g/mol. The highest BCUT2D eigenvalue weighted by molar-refractivity contribution is 7.55. The normalized spacial score (nSPS) is 13.5. The Labute approximate surface area is 145 Å². The van der Waals surface area contributed by atoms with Gasteiger partial charge in [-0.2, -0.15) is 0 Å². The Balaban J connectivity index is 2.50. The molecule has 0 aliphatic carbocycles. The van der Waals surface area contributed by atoms with E-state index in [4.69, 9.17) is 13.5 Å². The molecule has 0 bridgehead atoms. The van der Waals surface area contributed by atoms with E-state index in [1.807, 2.05) is 19.1 Å². The van der Waals surface area contributed by atoms with Crippen molar-refractivity contribution in [3.63, 3.8) is 0 Å². The van der Waals surface area contributed by atoms with Crippen molar-refractivity contribution in [2.75, 3.05) is 13.2 Å². The Kier molecular flexibility index (Phi) is 6.75. The van der Waals surface area contributed by atoms with Gasteiger partial charge in [0.15, 0.2) is 5.66 Å². The molecule has 0 aromatic carbocycles. The molecule has 0 saturated carbocycles. The van der Waals surface area contributed by atoms with E-state index in [1.165, 1.54) is 17.4 Å². The molecule has 0 radical (unpaired) electrons. The van der Waals surface area contributed by atoms with Crippen LogP contribution in [0.1, 0.15) is 40.8 Å². The highest BCUT2D eigenvalue weighted by atomic mass is 32.1. The molecule has 2 aromatic heterocycles. The van der Waals surface area contributed by atoms with E-state index in [2.05, 4.69) is 0 Å². The molecule has 0 aliphatic heterocycles. The number of thiophene rings is 1. The lowest BCUT2D eigenvalue weighted by Gasteiger charge is -2.24. The van der Waals surface area contributed by atoms with Crippen LogP contribution in [0.15, 0.2) is 34.8 Å². The Hall–Kier alpha value is -1.46. The van der Waals surface area contributed by atoms with E-state index >= 15 is 0 Å². The molecule has 1 unspecified atom stereocenters. The van der Waals surface area contributed by atoms with Crippen LogP contribution in [0.4, 0.5) is 0 Å². The third-order valence-corrected chi connectivity index (χ3v) is 6.86. The highest BCUT2D eigenvalue weighted by Gasteiger charge is 2.41. The summed E-state index contributed by atoms with van der Waals surface area (Å²) in [4.78, 5) is 12.4. The van der Waals surface area contributed by atoms with Crippen molar-refractivity contribution in [3.8, 4) is 0 Å². The van der Waals surface area contributed by atoms with Crippen molar-refractivity contribution in [1.29, 1.82) is 0 Å². The summed E-state index contributed by atoms with van der Waals surface area (Å²) in [5.41, 5.74) is -0.630. The number of furan rings is 1. The molecule has 5 nitrogen and oxygen atoms in total. The monoisotopic (exact) mass is 368 g/mol. The van der Waals surface area contributed by atoms with Gasteiger partial charge in [0.1, 0.15) is 17.8 Å². The molecule has 0 amide bonds. The molecule has 1 atom stereocenters. The van der Waals surface area contributed by atoms with Gasteiger partial charge in [-0.25, -0.2) is 0 Å². The maximum absolute atomic E-state index is 13.4. The number of rotatable bonds is 9. The Morgan fingerprint density at radius 1 is 1.21 bits per heavy atom. The molecule has 0 spiro atoms. The first-order chi connectivity index (χ1) is 11.5. The van der Waals surface area contributed by atoms with Gasteiger partial charge in [-0.1, -0.05) is 0 Å². The summed E-state index contributed by atoms with van der Waals surface area (Å²) in [6.07, 6.45) is 3.57. The van der Waals surface area contributed by atoms with Crippen LogP contribution >= 0.6 is 18.9 Å². The van der Waals surface area contributed by atoms with Crippen LogP contribution in [0.3, 0.4) is 0 Å². The van der Waals surface area contributed by atoms with Crippen LogP contribution in [-0.2, 0) is 18.4 Å². The second kappa shape index (κ2) is 8.58. The number of allylic oxidation sites excluding steroid dienone is 1. The van der Waals surface area contributed by atoms with Crippen LogP contribution in [0.25, 0.3) is 6.08 Å². The quantitative estimate of drug-likeness (QED) is 0.345. The third kappa shape index (κ3) is 4.33. The number of aryl methyl sites for hydroxylation is 1. The predicted octanol–water partition coefficient (Wildman–Crippen LogP) is 5.22. The minimum absolute atomic E-state index is 0.275. The fourth-order valence-corrected chi connectivity index (χ4v) is 5.70. The van der Waals surface area contributed by atoms with Crippen molar-refractivity contribution in [3.05, 3.63) is 51.6 Å². The number of aldehydes is 1. The summed E-state index contributed by atoms with van der Waals surface area (Å²) in [5.74, 6) is 1.00. The van der Waals surface area contributed by atoms with E-state index < -0.39 is 13.3 Å². The maximum atomic E-state index is 13.4. The van der Waals surface area contributed by atoms with Gasteiger partial charge in [-0.15, -0.1) is 11.3 Å². The van der Waals surface area contributed by atoms with Crippen molar-refractivity contribution in [2.24, 2.45) is 0 Å². The summed E-state index contributed by atoms with van der Waals surface area (Å²) in [7, 11) is -3.45. The van der Waals surface area contributed by atoms with E-state index in [9.17, 15) is 9.36 Å². The highest BCUT2D eigenvalue weighted by Crippen LogP contribution is 2.64. The smallest absolute Gasteiger partial charge is 0.346 e. The Morgan fingerprint density at radius 2 is 1.92 bits per heavy atom. The van der Waals surface area contributed by atoms with Crippen LogP contribution in [-0.4, -0.2) is 19.5 Å². The molecule has 7 heteroatoms. The van der Waals surface area contributed by atoms with Gasteiger partial charge in [0.2, 0.25) is 0 Å². The van der Waals surface area contributed by atoms with Crippen LogP contribution in [0.2, 0.25) is 0 Å². The SMILES string of the molecule is CCOP(=O)(OCC)C(c1ccc(/C=C/C=O)o1)c1ccc(C)s1. The van der Waals surface area contributed by atoms with Crippen molar-refractivity contribution in [2.45, 2.75) is 26.4 Å². The molecule has 0 saturated heterocycles. The first-order valence-electron chi connectivity index (χ1n) is 7.70. The van der Waals surface area contributed by atoms with Crippen LogP contribution < -0.4 is 0 Å². The zero-order valence-electron chi connectivity index (χ0n) is 13.9. The molecule has 2 aromatic rings. The standard InChI is InChI=1S/C17H21O5PS/c1-4-20-23(19,21-5-2)17(16-11-8-13(3)24-16)15-10-9-14(22-15)7-6-12-18/h6-12,17H,4-5H2,1-3H3/b7-6+. The summed E-state index contributed by atoms with van der Waals surface area (Å²) in [6, 6.07) is 7.35. The Morgan fingerprint density at radius 3 is 2.46 bits per heavy atom. The first kappa shape index (κ1) is 18.9. The summed E-state index contributed by atoms with van der Waals surface area (Å²) < 4.78 is 30.2. The van der Waals surface area contributed by atoms with Gasteiger partial charge in [-0.3, -0.25) is 9.36 Å². The van der Waals surface area contributed by atoms with Crippen LogP contribution in [0.5, 0.6) is 0 Å². The van der Waals surface area contributed by atoms with Gasteiger partial charge in [0.25, 0.3) is 0 Å². The average molecular weight is 368 g/mol. The molecule has 130 valence electrons. The van der Waals surface area contributed by atoms with Crippen molar-refractivity contribution >= 4 is 31.3 Å². The van der Waals surface area contributed by atoms with Gasteiger partial charge >= 0.3 is 7.60 Å². The summed E-state index contributed by atoms with van der Waals surface area (Å²) >= 11 is 1.53. The second-order valence-corrected chi connectivity index (χ2v) is 8.39. The van der Waals surface area contributed by atoms with Gasteiger partial charge in [0.05, 0.1) is 13.2 Å². The molecule has 24 heavy (non-hydrogen) atoms. The Bertz CT molecular complexity index is 736. The van der Waals surface area contributed by atoms with Crippen LogP contribution in [0, 0.1) is 6.92 Å². The predicted molar refractivity (Wildman–Crippen MR) is 95.6 cm³/mol. The van der Waals surface area contributed by atoms with E-state index in [1.54, 1.807) is 32.1 Å². The minimum Gasteiger partial charge on any atom is -0.460 e. The molecular formula is C17H21O5PS. The largest absolute Gasteiger partial charge is 0.460 e. The fourth-order valence-electron chi connectivity index (χ4n) is 2.34. The van der Waals surface area contributed by atoms with Gasteiger partial charge in [-0.05, 0) is 57.2 Å². The van der Waals surface area contributed by atoms with E-state index in [0.717, 1.165) is 9.75 Å². The maximum Gasteiger partial charge on any atom is 0.346 e. The lowest BCUT2D eigenvalue weighted by molar-refractivity contribution is -0.104.